The third-order valence-corrected chi connectivity index (χ3v) is 4.54. The lowest BCUT2D eigenvalue weighted by atomic mass is 9.94. The van der Waals surface area contributed by atoms with Gasteiger partial charge in [-0.3, -0.25) is 15.0 Å². The SMILES string of the molecule is COc1ccc([N+](=O)[O-])cc1CN1C[C@@H]2CCCN[C@@H]2C1. The van der Waals surface area contributed by atoms with Gasteiger partial charge in [0.05, 0.1) is 12.0 Å². The van der Waals surface area contributed by atoms with Crippen molar-refractivity contribution in [3.63, 3.8) is 0 Å². The van der Waals surface area contributed by atoms with Crippen molar-refractivity contribution in [3.8, 4) is 5.75 Å². The fourth-order valence-corrected chi connectivity index (χ4v) is 3.51. The number of non-ortho nitro benzene ring substituents is 1. The Morgan fingerprint density at radius 1 is 1.48 bits per heavy atom. The largest absolute Gasteiger partial charge is 0.496 e. The van der Waals surface area contributed by atoms with Crippen LogP contribution in [-0.2, 0) is 6.54 Å². The quantitative estimate of drug-likeness (QED) is 0.676. The molecule has 0 spiro atoms. The van der Waals surface area contributed by atoms with E-state index in [-0.39, 0.29) is 10.6 Å². The van der Waals surface area contributed by atoms with E-state index in [1.165, 1.54) is 18.9 Å². The topological polar surface area (TPSA) is 67.6 Å². The minimum absolute atomic E-state index is 0.125. The number of fused-ring (bicyclic) bond motifs is 1. The van der Waals surface area contributed by atoms with Gasteiger partial charge in [-0.2, -0.15) is 0 Å². The van der Waals surface area contributed by atoms with Gasteiger partial charge in [0.2, 0.25) is 0 Å². The van der Waals surface area contributed by atoms with E-state index in [1.54, 1.807) is 19.2 Å². The van der Waals surface area contributed by atoms with Gasteiger partial charge in [-0.05, 0) is 31.4 Å². The van der Waals surface area contributed by atoms with Crippen molar-refractivity contribution in [2.75, 3.05) is 26.7 Å². The number of nitrogens with zero attached hydrogens (tertiary/aromatic N) is 2. The van der Waals surface area contributed by atoms with Gasteiger partial charge in [0.15, 0.2) is 0 Å². The summed E-state index contributed by atoms with van der Waals surface area (Å²) in [6.07, 6.45) is 2.52. The molecule has 1 aromatic carbocycles. The van der Waals surface area contributed by atoms with Gasteiger partial charge < -0.3 is 10.1 Å². The average Bonchev–Trinajstić information content (AvgIpc) is 2.89. The molecule has 0 aromatic heterocycles. The van der Waals surface area contributed by atoms with Crippen LogP contribution >= 0.6 is 0 Å². The molecule has 0 saturated carbocycles. The highest BCUT2D eigenvalue weighted by molar-refractivity contribution is 5.43. The number of piperidine rings is 1. The first-order chi connectivity index (χ1) is 10.2. The van der Waals surface area contributed by atoms with E-state index in [2.05, 4.69) is 10.2 Å². The Bertz CT molecular complexity index is 521. The Balaban J connectivity index is 1.74. The van der Waals surface area contributed by atoms with Crippen molar-refractivity contribution >= 4 is 5.69 Å². The van der Waals surface area contributed by atoms with Crippen LogP contribution in [0.2, 0.25) is 0 Å². The average molecular weight is 291 g/mol. The van der Waals surface area contributed by atoms with Gasteiger partial charge in [0, 0.05) is 43.4 Å². The van der Waals surface area contributed by atoms with Crippen LogP contribution in [0, 0.1) is 16.0 Å². The summed E-state index contributed by atoms with van der Waals surface area (Å²) >= 11 is 0. The monoisotopic (exact) mass is 291 g/mol. The van der Waals surface area contributed by atoms with Crippen LogP contribution in [0.25, 0.3) is 0 Å². The molecule has 2 atom stereocenters. The normalized spacial score (nSPS) is 25.6. The molecule has 2 heterocycles. The zero-order valence-electron chi connectivity index (χ0n) is 12.2. The highest BCUT2D eigenvalue weighted by Crippen LogP contribution is 2.30. The summed E-state index contributed by atoms with van der Waals surface area (Å²) in [5.74, 6) is 1.44. The molecule has 1 aromatic rings. The Hall–Kier alpha value is -1.66. The van der Waals surface area contributed by atoms with Crippen LogP contribution in [0.3, 0.4) is 0 Å². The smallest absolute Gasteiger partial charge is 0.270 e. The highest BCUT2D eigenvalue weighted by Gasteiger charge is 2.34. The van der Waals surface area contributed by atoms with Crippen LogP contribution in [0.1, 0.15) is 18.4 Å². The first kappa shape index (κ1) is 14.3. The van der Waals surface area contributed by atoms with Crippen molar-refractivity contribution in [3.05, 3.63) is 33.9 Å². The minimum atomic E-state index is -0.353. The van der Waals surface area contributed by atoms with Crippen LogP contribution in [-0.4, -0.2) is 42.6 Å². The fraction of sp³-hybridized carbons (Fsp3) is 0.600. The van der Waals surface area contributed by atoms with Crippen LogP contribution in [0.5, 0.6) is 5.75 Å². The molecule has 114 valence electrons. The van der Waals surface area contributed by atoms with Crippen LogP contribution in [0.4, 0.5) is 5.69 Å². The Labute approximate surface area is 124 Å². The summed E-state index contributed by atoms with van der Waals surface area (Å²) < 4.78 is 5.34. The second-order valence-corrected chi connectivity index (χ2v) is 5.91. The van der Waals surface area contributed by atoms with Crippen molar-refractivity contribution < 1.29 is 9.66 Å². The molecule has 0 radical (unpaired) electrons. The molecule has 6 heteroatoms. The number of rotatable bonds is 4. The maximum Gasteiger partial charge on any atom is 0.270 e. The minimum Gasteiger partial charge on any atom is -0.496 e. The molecule has 2 aliphatic rings. The molecule has 2 saturated heterocycles. The van der Waals surface area contributed by atoms with Gasteiger partial charge in [0.25, 0.3) is 5.69 Å². The number of hydrogen-bond donors (Lipinski definition) is 1. The van der Waals surface area contributed by atoms with Crippen LogP contribution in [0.15, 0.2) is 18.2 Å². The second kappa shape index (κ2) is 5.99. The maximum atomic E-state index is 10.9. The Kier molecular flexibility index (Phi) is 4.07. The number of methoxy groups -OCH3 is 1. The molecule has 2 fully saturated rings. The first-order valence-corrected chi connectivity index (χ1v) is 7.44. The number of hydrogen-bond acceptors (Lipinski definition) is 5. The predicted molar refractivity (Wildman–Crippen MR) is 79.4 cm³/mol. The lowest BCUT2D eigenvalue weighted by molar-refractivity contribution is -0.384. The summed E-state index contributed by atoms with van der Waals surface area (Å²) in [7, 11) is 1.61. The van der Waals surface area contributed by atoms with Crippen LogP contribution < -0.4 is 10.1 Å². The molecule has 3 rings (SSSR count). The summed E-state index contributed by atoms with van der Waals surface area (Å²) in [5, 5.41) is 14.5. The van der Waals surface area contributed by atoms with Gasteiger partial charge in [-0.15, -0.1) is 0 Å². The molecule has 0 aliphatic carbocycles. The van der Waals surface area contributed by atoms with Crippen molar-refractivity contribution in [2.24, 2.45) is 5.92 Å². The van der Waals surface area contributed by atoms with E-state index < -0.39 is 0 Å². The third-order valence-electron chi connectivity index (χ3n) is 4.54. The molecule has 2 aliphatic heterocycles. The van der Waals surface area contributed by atoms with E-state index in [9.17, 15) is 10.1 Å². The van der Waals surface area contributed by atoms with E-state index in [1.807, 2.05) is 0 Å². The Morgan fingerprint density at radius 3 is 3.05 bits per heavy atom. The number of nitro benzene ring substituents is 1. The van der Waals surface area contributed by atoms with Crippen molar-refractivity contribution in [1.29, 1.82) is 0 Å². The predicted octanol–water partition coefficient (Wildman–Crippen LogP) is 1.79. The zero-order valence-corrected chi connectivity index (χ0v) is 12.2. The van der Waals surface area contributed by atoms with Gasteiger partial charge in [-0.25, -0.2) is 0 Å². The summed E-state index contributed by atoms with van der Waals surface area (Å²) in [6, 6.07) is 5.39. The molecule has 1 N–H and O–H groups in total. The fourth-order valence-electron chi connectivity index (χ4n) is 3.51. The van der Waals surface area contributed by atoms with E-state index in [4.69, 9.17) is 4.74 Å². The molecule has 21 heavy (non-hydrogen) atoms. The number of benzene rings is 1. The van der Waals surface area contributed by atoms with Gasteiger partial charge >= 0.3 is 0 Å². The zero-order chi connectivity index (χ0) is 14.8. The Morgan fingerprint density at radius 2 is 2.33 bits per heavy atom. The second-order valence-electron chi connectivity index (χ2n) is 5.91. The number of nitrogens with one attached hydrogen (secondary N) is 1. The molecule has 6 nitrogen and oxygen atoms in total. The third kappa shape index (κ3) is 3.01. The lowest BCUT2D eigenvalue weighted by Crippen LogP contribution is -2.40. The van der Waals surface area contributed by atoms with Gasteiger partial charge in [-0.1, -0.05) is 0 Å². The summed E-state index contributed by atoms with van der Waals surface area (Å²) in [4.78, 5) is 13.0. The molecule has 0 bridgehead atoms. The number of nitro groups is 1. The van der Waals surface area contributed by atoms with Crippen molar-refractivity contribution in [2.45, 2.75) is 25.4 Å². The van der Waals surface area contributed by atoms with E-state index in [0.29, 0.717) is 18.5 Å². The van der Waals surface area contributed by atoms with Gasteiger partial charge in [0.1, 0.15) is 5.75 Å². The standard InChI is InChI=1S/C15H21N3O3/c1-21-15-5-4-13(18(19)20)7-12(15)9-17-8-11-3-2-6-16-14(11)10-17/h4-5,7,11,14,16H,2-3,6,8-10H2,1H3/t11-,14+/m0/s1. The highest BCUT2D eigenvalue weighted by atomic mass is 16.6. The molecular formula is C15H21N3O3. The number of likely N-dealkylation sites (tertiary alicyclic amines) is 1. The molecule has 0 unspecified atom stereocenters. The lowest BCUT2D eigenvalue weighted by Gasteiger charge is -2.24. The molecule has 0 amide bonds. The maximum absolute atomic E-state index is 10.9. The number of ether oxygens (including phenoxy) is 1. The van der Waals surface area contributed by atoms with Crippen molar-refractivity contribution in [1.82, 2.24) is 10.2 Å². The molecular weight excluding hydrogens is 270 g/mol. The summed E-state index contributed by atoms with van der Waals surface area (Å²) in [5.41, 5.74) is 1.02. The van der Waals surface area contributed by atoms with E-state index in [0.717, 1.165) is 30.9 Å². The van der Waals surface area contributed by atoms with E-state index >= 15 is 0 Å². The first-order valence-electron chi connectivity index (χ1n) is 7.44. The summed E-state index contributed by atoms with van der Waals surface area (Å²) in [6.45, 7) is 3.88.